The van der Waals surface area contributed by atoms with Crippen LogP contribution in [0.3, 0.4) is 0 Å². The molecule has 2 heterocycles. The molecule has 8 heteroatoms. The molecule has 0 N–H and O–H groups in total. The Morgan fingerprint density at radius 3 is 2.89 bits per heavy atom. The van der Waals surface area contributed by atoms with Crippen molar-refractivity contribution in [1.82, 2.24) is 10.1 Å². The Balaban J connectivity index is 1.50. The predicted octanol–water partition coefficient (Wildman–Crippen LogP) is 4.41. The second-order valence-electron chi connectivity index (χ2n) is 6.46. The van der Waals surface area contributed by atoms with E-state index in [0.29, 0.717) is 41.9 Å². The highest BCUT2D eigenvalue weighted by atomic mass is 35.5. The highest BCUT2D eigenvalue weighted by Gasteiger charge is 2.35. The second-order valence-corrected chi connectivity index (χ2v) is 6.90. The van der Waals surface area contributed by atoms with Crippen molar-refractivity contribution in [3.63, 3.8) is 0 Å². The van der Waals surface area contributed by atoms with E-state index in [2.05, 4.69) is 10.1 Å². The number of hydrogen-bond donors (Lipinski definition) is 0. The normalized spacial score (nSPS) is 19.4. The number of hydrogen-bond acceptors (Lipinski definition) is 5. The van der Waals surface area contributed by atoms with Gasteiger partial charge in [-0.3, -0.25) is 4.79 Å². The number of rotatable bonds is 5. The van der Waals surface area contributed by atoms with E-state index in [0.717, 1.165) is 11.3 Å². The molecule has 1 aliphatic heterocycles. The Labute approximate surface area is 165 Å². The minimum atomic E-state index is -0.883. The number of alkyl halides is 1. The molecule has 2 aliphatic rings. The lowest BCUT2D eigenvalue weighted by Crippen LogP contribution is -2.24. The van der Waals surface area contributed by atoms with Gasteiger partial charge < -0.3 is 14.2 Å². The minimum Gasteiger partial charge on any atom is -0.463 e. The van der Waals surface area contributed by atoms with E-state index in [1.54, 1.807) is 35.3 Å². The maximum Gasteiger partial charge on any atom is 0.232 e. The standard InChI is InChI=1S/C20H17ClFN3O3/c21-15-5-7-16(8-6-15)25-11-14(10-18(25)26)20-23-19(24-28-20)13-2-1-3-17(9-4-13)27-12-22/h1,3-9,14H,2,10-12H2. The first-order chi connectivity index (χ1) is 13.6. The summed E-state index contributed by atoms with van der Waals surface area (Å²) in [5.41, 5.74) is 1.61. The molecule has 0 radical (unpaired) electrons. The van der Waals surface area contributed by atoms with Crippen molar-refractivity contribution in [1.29, 1.82) is 0 Å². The Kier molecular flexibility index (Phi) is 5.25. The molecule has 1 saturated heterocycles. The first-order valence-corrected chi connectivity index (χ1v) is 9.18. The molecule has 0 saturated carbocycles. The molecule has 1 atom stereocenters. The third-order valence-electron chi connectivity index (χ3n) is 4.63. The number of nitrogens with zero attached hydrogens (tertiary/aromatic N) is 3. The van der Waals surface area contributed by atoms with Crippen LogP contribution in [0.2, 0.25) is 5.02 Å². The zero-order valence-corrected chi connectivity index (χ0v) is 15.6. The minimum absolute atomic E-state index is 0.000339. The molecule has 1 aromatic heterocycles. The number of carbonyl (C=O) groups is 1. The summed E-state index contributed by atoms with van der Waals surface area (Å²) in [5, 5.41) is 4.67. The third-order valence-corrected chi connectivity index (χ3v) is 4.88. The van der Waals surface area contributed by atoms with E-state index < -0.39 is 6.86 Å². The fraction of sp³-hybridized carbons (Fsp3) is 0.250. The van der Waals surface area contributed by atoms with Gasteiger partial charge in [0.05, 0.1) is 5.92 Å². The molecule has 28 heavy (non-hydrogen) atoms. The van der Waals surface area contributed by atoms with Crippen LogP contribution in [0.15, 0.2) is 58.9 Å². The molecule has 2 aromatic rings. The smallest absolute Gasteiger partial charge is 0.232 e. The fourth-order valence-corrected chi connectivity index (χ4v) is 3.33. The van der Waals surface area contributed by atoms with Crippen LogP contribution in [-0.4, -0.2) is 29.5 Å². The summed E-state index contributed by atoms with van der Waals surface area (Å²) < 4.78 is 22.6. The van der Waals surface area contributed by atoms with Crippen LogP contribution in [0.5, 0.6) is 0 Å². The van der Waals surface area contributed by atoms with Crippen LogP contribution in [-0.2, 0) is 9.53 Å². The lowest BCUT2D eigenvalue weighted by atomic mass is 10.1. The Bertz CT molecular complexity index is 965. The molecule has 1 fully saturated rings. The molecule has 1 aliphatic carbocycles. The van der Waals surface area contributed by atoms with Gasteiger partial charge in [-0.25, -0.2) is 4.39 Å². The van der Waals surface area contributed by atoms with E-state index in [4.69, 9.17) is 20.9 Å². The summed E-state index contributed by atoms with van der Waals surface area (Å²) >= 11 is 5.92. The monoisotopic (exact) mass is 401 g/mol. The number of aromatic nitrogens is 2. The maximum atomic E-state index is 12.4. The van der Waals surface area contributed by atoms with E-state index in [1.165, 1.54) is 0 Å². The summed E-state index contributed by atoms with van der Waals surface area (Å²) in [4.78, 5) is 18.6. The Hall–Kier alpha value is -2.93. The van der Waals surface area contributed by atoms with E-state index in [-0.39, 0.29) is 11.8 Å². The molecule has 4 rings (SSSR count). The molecular weight excluding hydrogens is 385 g/mol. The molecule has 144 valence electrons. The highest BCUT2D eigenvalue weighted by Crippen LogP contribution is 2.32. The van der Waals surface area contributed by atoms with E-state index in [9.17, 15) is 9.18 Å². The van der Waals surface area contributed by atoms with Crippen molar-refractivity contribution in [2.75, 3.05) is 18.3 Å². The fourth-order valence-electron chi connectivity index (χ4n) is 3.21. The van der Waals surface area contributed by atoms with Crippen LogP contribution in [0.4, 0.5) is 10.1 Å². The summed E-state index contributed by atoms with van der Waals surface area (Å²) in [6, 6.07) is 7.13. The first kappa shape index (κ1) is 18.4. The number of amides is 1. The summed E-state index contributed by atoms with van der Waals surface area (Å²) in [5.74, 6) is 1.14. The second kappa shape index (κ2) is 7.98. The summed E-state index contributed by atoms with van der Waals surface area (Å²) in [6.45, 7) is -0.416. The van der Waals surface area contributed by atoms with Gasteiger partial charge >= 0.3 is 0 Å². The number of halogens is 2. The van der Waals surface area contributed by atoms with Crippen molar-refractivity contribution in [2.45, 2.75) is 18.8 Å². The van der Waals surface area contributed by atoms with E-state index >= 15 is 0 Å². The van der Waals surface area contributed by atoms with Gasteiger partial charge in [-0.2, -0.15) is 4.98 Å². The molecule has 0 spiro atoms. The average molecular weight is 402 g/mol. The molecule has 1 aromatic carbocycles. The van der Waals surface area contributed by atoms with Gasteiger partial charge in [0.1, 0.15) is 5.76 Å². The van der Waals surface area contributed by atoms with E-state index in [1.807, 2.05) is 18.2 Å². The molecule has 1 amide bonds. The summed E-state index contributed by atoms with van der Waals surface area (Å²) in [7, 11) is 0. The average Bonchev–Trinajstić information content (AvgIpc) is 3.25. The van der Waals surface area contributed by atoms with Crippen molar-refractivity contribution in [2.24, 2.45) is 0 Å². The Morgan fingerprint density at radius 1 is 1.29 bits per heavy atom. The lowest BCUT2D eigenvalue weighted by Gasteiger charge is -2.15. The summed E-state index contributed by atoms with van der Waals surface area (Å²) in [6.07, 6.45) is 7.85. The highest BCUT2D eigenvalue weighted by molar-refractivity contribution is 6.30. The number of carbonyl (C=O) groups excluding carboxylic acids is 1. The van der Waals surface area contributed by atoms with Gasteiger partial charge in [0, 0.05) is 29.2 Å². The zero-order valence-electron chi connectivity index (χ0n) is 14.8. The molecule has 0 bridgehead atoms. The van der Waals surface area contributed by atoms with Crippen molar-refractivity contribution in [3.05, 3.63) is 71.1 Å². The molecule has 6 nitrogen and oxygen atoms in total. The van der Waals surface area contributed by atoms with Crippen LogP contribution in [0, 0.1) is 0 Å². The number of anilines is 1. The first-order valence-electron chi connectivity index (χ1n) is 8.80. The van der Waals surface area contributed by atoms with Gasteiger partial charge in [-0.15, -0.1) is 0 Å². The third kappa shape index (κ3) is 3.84. The van der Waals surface area contributed by atoms with Crippen LogP contribution < -0.4 is 4.90 Å². The van der Waals surface area contributed by atoms with Gasteiger partial charge in [0.15, 0.2) is 5.82 Å². The topological polar surface area (TPSA) is 68.5 Å². The zero-order chi connectivity index (χ0) is 19.5. The SMILES string of the molecule is O=C1CC(c2nc(C3=CC=C(OCF)C=CC3)no2)CN1c1ccc(Cl)cc1. The quantitative estimate of drug-likeness (QED) is 0.742. The van der Waals surface area contributed by atoms with Gasteiger partial charge in [0.25, 0.3) is 0 Å². The van der Waals surface area contributed by atoms with Crippen LogP contribution in [0.1, 0.15) is 30.5 Å². The van der Waals surface area contributed by atoms with Gasteiger partial charge in [-0.1, -0.05) is 28.9 Å². The maximum absolute atomic E-state index is 12.4. The predicted molar refractivity (Wildman–Crippen MR) is 102 cm³/mol. The number of benzene rings is 1. The van der Waals surface area contributed by atoms with Crippen molar-refractivity contribution < 1.29 is 18.4 Å². The number of ether oxygens (including phenoxy) is 1. The Morgan fingerprint density at radius 2 is 2.11 bits per heavy atom. The van der Waals surface area contributed by atoms with Gasteiger partial charge in [-0.05, 0) is 42.8 Å². The van der Waals surface area contributed by atoms with Crippen LogP contribution in [0.25, 0.3) is 5.57 Å². The number of allylic oxidation sites excluding steroid dienone is 5. The van der Waals surface area contributed by atoms with Gasteiger partial charge in [0.2, 0.25) is 18.7 Å². The lowest BCUT2D eigenvalue weighted by molar-refractivity contribution is -0.117. The molecule has 1 unspecified atom stereocenters. The van der Waals surface area contributed by atoms with Crippen molar-refractivity contribution in [3.8, 4) is 0 Å². The largest absolute Gasteiger partial charge is 0.463 e. The molecular formula is C20H17ClFN3O3. The van der Waals surface area contributed by atoms with Crippen molar-refractivity contribution >= 4 is 28.8 Å². The van der Waals surface area contributed by atoms with Crippen LogP contribution >= 0.6 is 11.6 Å².